The second kappa shape index (κ2) is 4.61. The van der Waals surface area contributed by atoms with E-state index >= 15 is 0 Å². The highest BCUT2D eigenvalue weighted by atomic mass is 19.1. The summed E-state index contributed by atoms with van der Waals surface area (Å²) in [6, 6.07) is 8.60. The SMILES string of the molecule is O=C(O)c1ccc(Oc2ccccn2)cc1F. The molecule has 0 aliphatic heterocycles. The van der Waals surface area contributed by atoms with Gasteiger partial charge >= 0.3 is 5.97 Å². The lowest BCUT2D eigenvalue weighted by Crippen LogP contribution is -2.00. The topological polar surface area (TPSA) is 59.4 Å². The summed E-state index contributed by atoms with van der Waals surface area (Å²) < 4.78 is 18.6. The third-order valence-corrected chi connectivity index (χ3v) is 2.03. The van der Waals surface area contributed by atoms with E-state index in [1.165, 1.54) is 12.3 Å². The van der Waals surface area contributed by atoms with Crippen LogP contribution in [0.5, 0.6) is 11.6 Å². The van der Waals surface area contributed by atoms with Crippen molar-refractivity contribution in [2.45, 2.75) is 0 Å². The van der Waals surface area contributed by atoms with Crippen LogP contribution in [0, 0.1) is 5.82 Å². The molecule has 1 aromatic heterocycles. The Bertz CT molecular complexity index is 543. The van der Waals surface area contributed by atoms with Gasteiger partial charge in [0.2, 0.25) is 5.88 Å². The van der Waals surface area contributed by atoms with Crippen molar-refractivity contribution in [2.75, 3.05) is 0 Å². The Hall–Kier alpha value is -2.43. The molecule has 1 heterocycles. The van der Waals surface area contributed by atoms with Crippen molar-refractivity contribution in [3.8, 4) is 11.6 Å². The minimum atomic E-state index is -1.31. The van der Waals surface area contributed by atoms with Crippen LogP contribution in [0.2, 0.25) is 0 Å². The zero-order valence-electron chi connectivity index (χ0n) is 8.63. The molecule has 1 N–H and O–H groups in total. The molecule has 0 saturated carbocycles. The summed E-state index contributed by atoms with van der Waals surface area (Å²) in [7, 11) is 0. The normalized spacial score (nSPS) is 9.94. The molecule has 0 saturated heterocycles. The van der Waals surface area contributed by atoms with E-state index in [0.717, 1.165) is 12.1 Å². The van der Waals surface area contributed by atoms with Crippen molar-refractivity contribution in [2.24, 2.45) is 0 Å². The van der Waals surface area contributed by atoms with Crippen LogP contribution in [0.3, 0.4) is 0 Å². The molecule has 0 spiro atoms. The number of carbonyl (C=O) groups is 1. The lowest BCUT2D eigenvalue weighted by atomic mass is 10.2. The highest BCUT2D eigenvalue weighted by Crippen LogP contribution is 2.21. The minimum absolute atomic E-state index is 0.200. The maximum Gasteiger partial charge on any atom is 0.338 e. The molecule has 0 unspecified atom stereocenters. The van der Waals surface area contributed by atoms with Crippen molar-refractivity contribution < 1.29 is 19.0 Å². The zero-order valence-corrected chi connectivity index (χ0v) is 8.63. The number of aromatic nitrogens is 1. The predicted octanol–water partition coefficient (Wildman–Crippen LogP) is 2.71. The molecule has 0 aliphatic carbocycles. The molecule has 2 aromatic rings. The Morgan fingerprint density at radius 3 is 2.71 bits per heavy atom. The number of rotatable bonds is 3. The van der Waals surface area contributed by atoms with Gasteiger partial charge in [-0.25, -0.2) is 14.2 Å². The first-order chi connectivity index (χ1) is 8.16. The number of hydrogen-bond acceptors (Lipinski definition) is 3. The molecular formula is C12H8FNO3. The van der Waals surface area contributed by atoms with Crippen LogP contribution in [-0.4, -0.2) is 16.1 Å². The molecule has 17 heavy (non-hydrogen) atoms. The van der Waals surface area contributed by atoms with E-state index < -0.39 is 17.3 Å². The van der Waals surface area contributed by atoms with Gasteiger partial charge in [0.05, 0.1) is 5.56 Å². The van der Waals surface area contributed by atoms with Gasteiger partial charge in [0.15, 0.2) is 0 Å². The van der Waals surface area contributed by atoms with Crippen molar-refractivity contribution in [1.29, 1.82) is 0 Å². The summed E-state index contributed by atoms with van der Waals surface area (Å²) >= 11 is 0. The predicted molar refractivity (Wildman–Crippen MR) is 57.7 cm³/mol. The fraction of sp³-hybridized carbons (Fsp3) is 0. The Morgan fingerprint density at radius 1 is 1.29 bits per heavy atom. The van der Waals surface area contributed by atoms with Gasteiger partial charge in [-0.3, -0.25) is 0 Å². The average Bonchev–Trinajstić information content (AvgIpc) is 2.30. The molecular weight excluding hydrogens is 225 g/mol. The molecule has 0 atom stereocenters. The summed E-state index contributed by atoms with van der Waals surface area (Å²) in [5, 5.41) is 8.65. The molecule has 0 fully saturated rings. The Kier molecular flexibility index (Phi) is 3.00. The van der Waals surface area contributed by atoms with Gasteiger partial charge in [-0.15, -0.1) is 0 Å². The first-order valence-electron chi connectivity index (χ1n) is 4.78. The number of hydrogen-bond donors (Lipinski definition) is 1. The van der Waals surface area contributed by atoms with Crippen LogP contribution in [0.15, 0.2) is 42.6 Å². The minimum Gasteiger partial charge on any atom is -0.478 e. The van der Waals surface area contributed by atoms with E-state index in [1.54, 1.807) is 18.2 Å². The maximum absolute atomic E-state index is 13.3. The van der Waals surface area contributed by atoms with Gasteiger partial charge in [-0.05, 0) is 18.2 Å². The number of benzene rings is 1. The van der Waals surface area contributed by atoms with Crippen molar-refractivity contribution >= 4 is 5.97 Å². The molecule has 0 aliphatic rings. The van der Waals surface area contributed by atoms with Crippen LogP contribution in [0.4, 0.5) is 4.39 Å². The number of carboxylic acid groups (broad SMARTS) is 1. The molecule has 5 heteroatoms. The number of halogens is 1. The monoisotopic (exact) mass is 233 g/mol. The average molecular weight is 233 g/mol. The summed E-state index contributed by atoms with van der Waals surface area (Å²) in [4.78, 5) is 14.5. The standard InChI is InChI=1S/C12H8FNO3/c13-10-7-8(4-5-9(10)12(15)16)17-11-3-1-2-6-14-11/h1-7H,(H,15,16). The second-order valence-electron chi connectivity index (χ2n) is 3.22. The third kappa shape index (κ3) is 2.57. The number of ether oxygens (including phenoxy) is 1. The lowest BCUT2D eigenvalue weighted by Gasteiger charge is -2.05. The zero-order chi connectivity index (χ0) is 12.3. The van der Waals surface area contributed by atoms with Crippen LogP contribution < -0.4 is 4.74 Å². The van der Waals surface area contributed by atoms with E-state index in [0.29, 0.717) is 5.88 Å². The molecule has 4 nitrogen and oxygen atoms in total. The summed E-state index contributed by atoms with van der Waals surface area (Å²) in [6.45, 7) is 0. The van der Waals surface area contributed by atoms with Gasteiger partial charge in [-0.1, -0.05) is 6.07 Å². The summed E-state index contributed by atoms with van der Waals surface area (Å²) in [6.07, 6.45) is 1.54. The molecule has 2 rings (SSSR count). The van der Waals surface area contributed by atoms with Gasteiger partial charge < -0.3 is 9.84 Å². The van der Waals surface area contributed by atoms with E-state index in [4.69, 9.17) is 9.84 Å². The van der Waals surface area contributed by atoms with Crippen LogP contribution >= 0.6 is 0 Å². The Balaban J connectivity index is 2.24. The number of aromatic carboxylic acids is 1. The van der Waals surface area contributed by atoms with E-state index in [2.05, 4.69) is 4.98 Å². The van der Waals surface area contributed by atoms with Gasteiger partial charge in [0.25, 0.3) is 0 Å². The van der Waals surface area contributed by atoms with Gasteiger partial charge in [0.1, 0.15) is 11.6 Å². The molecule has 0 amide bonds. The summed E-state index contributed by atoms with van der Waals surface area (Å²) in [5.74, 6) is -1.64. The number of pyridine rings is 1. The fourth-order valence-corrected chi connectivity index (χ4v) is 1.26. The lowest BCUT2D eigenvalue weighted by molar-refractivity contribution is 0.0692. The molecule has 1 aromatic carbocycles. The highest BCUT2D eigenvalue weighted by molar-refractivity contribution is 5.88. The number of carboxylic acids is 1. The quantitative estimate of drug-likeness (QED) is 0.885. The fourth-order valence-electron chi connectivity index (χ4n) is 1.26. The Morgan fingerprint density at radius 2 is 2.12 bits per heavy atom. The first kappa shape index (κ1) is 11.1. The van der Waals surface area contributed by atoms with Crippen LogP contribution in [0.1, 0.15) is 10.4 Å². The van der Waals surface area contributed by atoms with E-state index in [9.17, 15) is 9.18 Å². The van der Waals surface area contributed by atoms with Crippen molar-refractivity contribution in [3.05, 3.63) is 54.0 Å². The number of nitrogens with zero attached hydrogens (tertiary/aromatic N) is 1. The smallest absolute Gasteiger partial charge is 0.338 e. The highest BCUT2D eigenvalue weighted by Gasteiger charge is 2.11. The molecule has 86 valence electrons. The van der Waals surface area contributed by atoms with Crippen LogP contribution in [0.25, 0.3) is 0 Å². The van der Waals surface area contributed by atoms with E-state index in [1.807, 2.05) is 0 Å². The summed E-state index contributed by atoms with van der Waals surface area (Å²) in [5.41, 5.74) is -0.390. The van der Waals surface area contributed by atoms with Gasteiger partial charge in [0, 0.05) is 18.3 Å². The molecule has 0 bridgehead atoms. The first-order valence-corrected chi connectivity index (χ1v) is 4.78. The van der Waals surface area contributed by atoms with Crippen molar-refractivity contribution in [1.82, 2.24) is 4.98 Å². The van der Waals surface area contributed by atoms with E-state index in [-0.39, 0.29) is 5.75 Å². The Labute approximate surface area is 96.3 Å². The van der Waals surface area contributed by atoms with Crippen LogP contribution in [-0.2, 0) is 0 Å². The maximum atomic E-state index is 13.3. The van der Waals surface area contributed by atoms with Gasteiger partial charge in [-0.2, -0.15) is 0 Å². The molecule has 0 radical (unpaired) electrons. The third-order valence-electron chi connectivity index (χ3n) is 2.03. The van der Waals surface area contributed by atoms with Crippen molar-refractivity contribution in [3.63, 3.8) is 0 Å². The second-order valence-corrected chi connectivity index (χ2v) is 3.22. The largest absolute Gasteiger partial charge is 0.478 e.